The predicted molar refractivity (Wildman–Crippen MR) is 41.8 cm³/mol. The van der Waals surface area contributed by atoms with E-state index in [9.17, 15) is 0 Å². The van der Waals surface area contributed by atoms with E-state index in [-0.39, 0.29) is 13.2 Å². The summed E-state index contributed by atoms with van der Waals surface area (Å²) < 4.78 is 0. The van der Waals surface area contributed by atoms with Gasteiger partial charge in [0.25, 0.3) is 0 Å². The summed E-state index contributed by atoms with van der Waals surface area (Å²) in [5.74, 6) is 0. The van der Waals surface area contributed by atoms with E-state index in [2.05, 4.69) is 5.32 Å². The van der Waals surface area contributed by atoms with Gasteiger partial charge in [0.15, 0.2) is 0 Å². The topological polar surface area (TPSA) is 78.5 Å². The number of nitrogens with one attached hydrogen (secondary N) is 1. The van der Waals surface area contributed by atoms with Gasteiger partial charge in [-0.05, 0) is 6.92 Å². The van der Waals surface area contributed by atoms with Crippen molar-refractivity contribution >= 4 is 0 Å². The molecule has 0 fully saturated rings. The smallest absolute Gasteiger partial charge is 0.0555 e. The standard InChI is InChI=1S/C4H12N2O.C2H6O/c5-1-2-6-3-4-7;1-2-3/h6-7H,1-5H2;3H,2H2,1H3. The number of hydrogen-bond donors (Lipinski definition) is 4. The first-order valence-corrected chi connectivity index (χ1v) is 3.45. The van der Waals surface area contributed by atoms with Crippen molar-refractivity contribution in [3.05, 3.63) is 0 Å². The minimum absolute atomic E-state index is 0.194. The molecule has 0 spiro atoms. The van der Waals surface area contributed by atoms with Gasteiger partial charge in [-0.25, -0.2) is 0 Å². The largest absolute Gasteiger partial charge is 0.397 e. The molecule has 0 saturated heterocycles. The average molecular weight is 150 g/mol. The lowest BCUT2D eigenvalue weighted by Crippen LogP contribution is -2.24. The maximum absolute atomic E-state index is 8.19. The molecule has 5 N–H and O–H groups in total. The van der Waals surface area contributed by atoms with Crippen molar-refractivity contribution in [2.45, 2.75) is 6.92 Å². The Morgan fingerprint density at radius 1 is 1.30 bits per heavy atom. The van der Waals surface area contributed by atoms with Crippen molar-refractivity contribution in [1.82, 2.24) is 5.32 Å². The predicted octanol–water partition coefficient (Wildman–Crippen LogP) is -1.47. The summed E-state index contributed by atoms with van der Waals surface area (Å²) in [6.07, 6.45) is 0. The molecule has 4 heteroatoms. The zero-order chi connectivity index (χ0) is 8.24. The Morgan fingerprint density at radius 3 is 2.10 bits per heavy atom. The van der Waals surface area contributed by atoms with Crippen LogP contribution in [0.2, 0.25) is 0 Å². The quantitative estimate of drug-likeness (QED) is 0.369. The van der Waals surface area contributed by atoms with E-state index in [0.717, 1.165) is 6.54 Å². The van der Waals surface area contributed by atoms with Crippen LogP contribution < -0.4 is 11.1 Å². The van der Waals surface area contributed by atoms with Crippen LogP contribution in [-0.4, -0.2) is 43.1 Å². The van der Waals surface area contributed by atoms with E-state index in [0.29, 0.717) is 13.1 Å². The molecule has 0 aromatic rings. The van der Waals surface area contributed by atoms with Crippen molar-refractivity contribution < 1.29 is 10.2 Å². The number of hydrogen-bond acceptors (Lipinski definition) is 4. The molecule has 0 amide bonds. The first-order chi connectivity index (χ1) is 4.83. The van der Waals surface area contributed by atoms with Crippen LogP contribution in [0.3, 0.4) is 0 Å². The van der Waals surface area contributed by atoms with E-state index in [1.54, 1.807) is 6.92 Å². The molecule has 0 rings (SSSR count). The summed E-state index contributed by atoms with van der Waals surface area (Å²) in [5, 5.41) is 18.7. The SMILES string of the molecule is CCO.NCCNCCO. The first-order valence-electron chi connectivity index (χ1n) is 3.45. The zero-order valence-electron chi connectivity index (χ0n) is 6.51. The van der Waals surface area contributed by atoms with Gasteiger partial charge >= 0.3 is 0 Å². The van der Waals surface area contributed by atoms with E-state index in [4.69, 9.17) is 15.9 Å². The van der Waals surface area contributed by atoms with Crippen LogP contribution in [0.15, 0.2) is 0 Å². The summed E-state index contributed by atoms with van der Waals surface area (Å²) >= 11 is 0. The monoisotopic (exact) mass is 150 g/mol. The number of nitrogens with two attached hydrogens (primary N) is 1. The fourth-order valence-corrected chi connectivity index (χ4v) is 0.306. The molecule has 0 bridgehead atoms. The molecule has 64 valence electrons. The van der Waals surface area contributed by atoms with E-state index >= 15 is 0 Å². The van der Waals surface area contributed by atoms with Crippen LogP contribution in [0.25, 0.3) is 0 Å². The van der Waals surface area contributed by atoms with Crippen molar-refractivity contribution in [2.24, 2.45) is 5.73 Å². The minimum Gasteiger partial charge on any atom is -0.397 e. The first kappa shape index (κ1) is 12.5. The average Bonchev–Trinajstić information content (AvgIpc) is 1.91. The molecule has 4 nitrogen and oxygen atoms in total. The second-order valence-electron chi connectivity index (χ2n) is 1.58. The Morgan fingerprint density at radius 2 is 1.80 bits per heavy atom. The van der Waals surface area contributed by atoms with Crippen LogP contribution in [0.1, 0.15) is 6.92 Å². The van der Waals surface area contributed by atoms with Gasteiger partial charge in [-0.2, -0.15) is 0 Å². The fraction of sp³-hybridized carbons (Fsp3) is 1.00. The highest BCUT2D eigenvalue weighted by molar-refractivity contribution is 4.42. The zero-order valence-corrected chi connectivity index (χ0v) is 6.51. The second-order valence-corrected chi connectivity index (χ2v) is 1.58. The van der Waals surface area contributed by atoms with Gasteiger partial charge in [-0.1, -0.05) is 0 Å². The highest BCUT2D eigenvalue weighted by Crippen LogP contribution is 1.51. The third kappa shape index (κ3) is 24.9. The summed E-state index contributed by atoms with van der Waals surface area (Å²) in [7, 11) is 0. The summed E-state index contributed by atoms with van der Waals surface area (Å²) in [6, 6.07) is 0. The highest BCUT2D eigenvalue weighted by Gasteiger charge is 1.77. The van der Waals surface area contributed by atoms with Crippen LogP contribution in [0.4, 0.5) is 0 Å². The molecule has 0 radical (unpaired) electrons. The maximum atomic E-state index is 8.19. The Bertz CT molecular complexity index is 40.7. The molecular formula is C6H18N2O2. The Balaban J connectivity index is 0. The number of aliphatic hydroxyl groups excluding tert-OH is 2. The second kappa shape index (κ2) is 15.9. The lowest BCUT2D eigenvalue weighted by molar-refractivity contribution is 0.293. The maximum Gasteiger partial charge on any atom is 0.0555 e. The van der Waals surface area contributed by atoms with Crippen LogP contribution in [0.5, 0.6) is 0 Å². The Labute approximate surface area is 62.0 Å². The lowest BCUT2D eigenvalue weighted by atomic mass is 10.6. The van der Waals surface area contributed by atoms with Gasteiger partial charge in [0, 0.05) is 26.2 Å². The molecule has 0 unspecified atom stereocenters. The van der Waals surface area contributed by atoms with Crippen LogP contribution >= 0.6 is 0 Å². The van der Waals surface area contributed by atoms with Crippen molar-refractivity contribution in [1.29, 1.82) is 0 Å². The molecule has 0 saturated carbocycles. The van der Waals surface area contributed by atoms with Gasteiger partial charge in [-0.15, -0.1) is 0 Å². The molecule has 0 atom stereocenters. The molecule has 0 aliphatic heterocycles. The van der Waals surface area contributed by atoms with Gasteiger partial charge < -0.3 is 21.3 Å². The third-order valence-corrected chi connectivity index (χ3v) is 0.610. The lowest BCUT2D eigenvalue weighted by Gasteiger charge is -1.95. The van der Waals surface area contributed by atoms with Crippen molar-refractivity contribution in [3.63, 3.8) is 0 Å². The molecule has 0 aromatic heterocycles. The van der Waals surface area contributed by atoms with E-state index in [1.165, 1.54) is 0 Å². The van der Waals surface area contributed by atoms with Crippen LogP contribution in [0, 0.1) is 0 Å². The molecule has 0 aliphatic carbocycles. The molecular weight excluding hydrogens is 132 g/mol. The van der Waals surface area contributed by atoms with Crippen LogP contribution in [-0.2, 0) is 0 Å². The van der Waals surface area contributed by atoms with E-state index in [1.807, 2.05) is 0 Å². The third-order valence-electron chi connectivity index (χ3n) is 0.610. The molecule has 0 aliphatic rings. The summed E-state index contributed by atoms with van der Waals surface area (Å²) in [5.41, 5.74) is 5.13. The van der Waals surface area contributed by atoms with Gasteiger partial charge in [0.1, 0.15) is 0 Å². The van der Waals surface area contributed by atoms with Gasteiger partial charge in [-0.3, -0.25) is 0 Å². The summed E-state index contributed by atoms with van der Waals surface area (Å²) in [4.78, 5) is 0. The van der Waals surface area contributed by atoms with Gasteiger partial charge in [0.2, 0.25) is 0 Å². The fourth-order valence-electron chi connectivity index (χ4n) is 0.306. The van der Waals surface area contributed by atoms with E-state index < -0.39 is 0 Å². The van der Waals surface area contributed by atoms with Gasteiger partial charge in [0.05, 0.1) is 6.61 Å². The number of rotatable bonds is 4. The molecule has 0 aromatic carbocycles. The highest BCUT2D eigenvalue weighted by atomic mass is 16.3. The molecule has 0 heterocycles. The number of aliphatic hydroxyl groups is 2. The Hall–Kier alpha value is -0.160. The normalized spacial score (nSPS) is 8.40. The summed E-state index contributed by atoms with van der Waals surface area (Å²) in [6.45, 7) is 4.21. The van der Waals surface area contributed by atoms with Crippen molar-refractivity contribution in [2.75, 3.05) is 32.8 Å². The van der Waals surface area contributed by atoms with Crippen molar-refractivity contribution in [3.8, 4) is 0 Å². The minimum atomic E-state index is 0.194. The molecule has 10 heavy (non-hydrogen) atoms. The Kier molecular flexibility index (Phi) is 19.9.